The van der Waals surface area contributed by atoms with E-state index in [1.807, 2.05) is 0 Å². The third kappa shape index (κ3) is 2.93. The number of aromatic carboxylic acids is 1. The summed E-state index contributed by atoms with van der Waals surface area (Å²) in [4.78, 5) is 30.4. The maximum absolute atomic E-state index is 12.0. The molecule has 3 N–H and O–H groups in total. The number of nitrogens with zero attached hydrogens (tertiary/aromatic N) is 2. The normalized spacial score (nSPS) is 16.9. The first-order valence-corrected chi connectivity index (χ1v) is 6.51. The zero-order chi connectivity index (χ0) is 14.6. The van der Waals surface area contributed by atoms with Crippen molar-refractivity contribution < 1.29 is 19.8 Å². The van der Waals surface area contributed by atoms with Crippen molar-refractivity contribution in [3.05, 3.63) is 23.8 Å². The Kier molecular flexibility index (Phi) is 4.29. The predicted octanol–water partition coefficient (Wildman–Crippen LogP) is 0.457. The largest absolute Gasteiger partial charge is 0.476 e. The molecule has 108 valence electrons. The molecular weight excluding hydrogens is 262 g/mol. The topological polar surface area (TPSA) is 112 Å². The van der Waals surface area contributed by atoms with E-state index < -0.39 is 11.9 Å². The molecule has 20 heavy (non-hydrogen) atoms. The first-order valence-electron chi connectivity index (χ1n) is 6.51. The van der Waals surface area contributed by atoms with Gasteiger partial charge in [-0.15, -0.1) is 0 Å². The number of hydrogen-bond acceptors (Lipinski definition) is 5. The Morgan fingerprint density at radius 2 is 1.80 bits per heavy atom. The number of aliphatic hydroxyl groups is 1. The van der Waals surface area contributed by atoms with E-state index in [1.165, 1.54) is 12.4 Å². The molecule has 1 aliphatic rings. The van der Waals surface area contributed by atoms with Gasteiger partial charge in [0.05, 0.1) is 6.61 Å². The van der Waals surface area contributed by atoms with Gasteiger partial charge < -0.3 is 15.5 Å². The van der Waals surface area contributed by atoms with Gasteiger partial charge in [0.15, 0.2) is 11.4 Å². The summed E-state index contributed by atoms with van der Waals surface area (Å²) in [6.07, 6.45) is 6.28. The van der Waals surface area contributed by atoms with Gasteiger partial charge in [0, 0.05) is 24.4 Å². The summed E-state index contributed by atoms with van der Waals surface area (Å²) in [5, 5.41) is 21.1. The molecule has 0 unspecified atom stereocenters. The lowest BCUT2D eigenvalue weighted by atomic mass is 9.87. The molecule has 1 fully saturated rings. The number of aliphatic hydroxyl groups excluding tert-OH is 1. The molecular formula is C13H17N3O4. The fraction of sp³-hybridized carbons (Fsp3) is 0.538. The zero-order valence-electron chi connectivity index (χ0n) is 11.0. The fourth-order valence-corrected chi connectivity index (χ4v) is 2.53. The van der Waals surface area contributed by atoms with E-state index in [0.717, 1.165) is 25.7 Å². The number of amides is 1. The molecule has 7 nitrogen and oxygen atoms in total. The predicted molar refractivity (Wildman–Crippen MR) is 69.3 cm³/mol. The molecule has 1 aliphatic carbocycles. The molecule has 0 saturated heterocycles. The smallest absolute Gasteiger partial charge is 0.356 e. The highest BCUT2D eigenvalue weighted by Gasteiger charge is 2.34. The van der Waals surface area contributed by atoms with Gasteiger partial charge in [-0.05, 0) is 12.8 Å². The molecule has 1 aromatic heterocycles. The Bertz CT molecular complexity index is 512. The molecule has 0 bridgehead atoms. The Balaban J connectivity index is 2.07. The number of carbonyl (C=O) groups excluding carboxylic acids is 1. The molecule has 1 heterocycles. The van der Waals surface area contributed by atoms with Gasteiger partial charge in [0.2, 0.25) is 0 Å². The van der Waals surface area contributed by atoms with E-state index in [0.29, 0.717) is 6.54 Å². The number of rotatable bonds is 5. The van der Waals surface area contributed by atoms with Crippen molar-refractivity contribution in [1.82, 2.24) is 15.3 Å². The van der Waals surface area contributed by atoms with Crippen molar-refractivity contribution in [1.29, 1.82) is 0 Å². The number of nitrogens with one attached hydrogen (secondary N) is 1. The van der Waals surface area contributed by atoms with Crippen molar-refractivity contribution >= 4 is 11.9 Å². The van der Waals surface area contributed by atoms with Gasteiger partial charge in [0.1, 0.15) is 0 Å². The lowest BCUT2D eigenvalue weighted by Gasteiger charge is -2.26. The van der Waals surface area contributed by atoms with Crippen LogP contribution in [0.4, 0.5) is 0 Å². The maximum atomic E-state index is 12.0. The van der Waals surface area contributed by atoms with E-state index in [4.69, 9.17) is 5.11 Å². The molecule has 0 atom stereocenters. The summed E-state index contributed by atoms with van der Waals surface area (Å²) in [6, 6.07) is 0. The second-order valence-corrected chi connectivity index (χ2v) is 5.11. The Morgan fingerprint density at radius 1 is 1.20 bits per heavy atom. The molecule has 1 aromatic rings. The van der Waals surface area contributed by atoms with Crippen LogP contribution in [0.1, 0.15) is 46.7 Å². The highest BCUT2D eigenvalue weighted by atomic mass is 16.4. The quantitative estimate of drug-likeness (QED) is 0.721. The second-order valence-electron chi connectivity index (χ2n) is 5.11. The van der Waals surface area contributed by atoms with Gasteiger partial charge in [-0.2, -0.15) is 0 Å². The van der Waals surface area contributed by atoms with Gasteiger partial charge in [-0.1, -0.05) is 12.8 Å². The summed E-state index contributed by atoms with van der Waals surface area (Å²) < 4.78 is 0. The average molecular weight is 279 g/mol. The van der Waals surface area contributed by atoms with Crippen molar-refractivity contribution in [3.63, 3.8) is 0 Å². The van der Waals surface area contributed by atoms with Crippen LogP contribution in [0.2, 0.25) is 0 Å². The van der Waals surface area contributed by atoms with Crippen LogP contribution in [0.15, 0.2) is 12.4 Å². The first-order chi connectivity index (χ1) is 9.58. The molecule has 1 saturated carbocycles. The number of hydrogen-bond donors (Lipinski definition) is 3. The van der Waals surface area contributed by atoms with Crippen molar-refractivity contribution in [2.24, 2.45) is 5.41 Å². The van der Waals surface area contributed by atoms with Crippen molar-refractivity contribution in [3.8, 4) is 0 Å². The summed E-state index contributed by atoms with van der Waals surface area (Å²) >= 11 is 0. The number of carbonyl (C=O) groups is 2. The fourth-order valence-electron chi connectivity index (χ4n) is 2.53. The number of carboxylic acids is 1. The SMILES string of the molecule is O=C(O)c1nccnc1C(=O)NCC1(CO)CCCC1. The van der Waals surface area contributed by atoms with Crippen LogP contribution in [0.3, 0.4) is 0 Å². The van der Waals surface area contributed by atoms with Gasteiger partial charge in [0.25, 0.3) is 5.91 Å². The lowest BCUT2D eigenvalue weighted by Crippen LogP contribution is -2.39. The Morgan fingerprint density at radius 3 is 2.35 bits per heavy atom. The Labute approximate surface area is 116 Å². The monoisotopic (exact) mass is 279 g/mol. The van der Waals surface area contributed by atoms with E-state index in [-0.39, 0.29) is 23.4 Å². The molecule has 1 amide bonds. The van der Waals surface area contributed by atoms with Crippen LogP contribution < -0.4 is 5.32 Å². The summed E-state index contributed by atoms with van der Waals surface area (Å²) in [5.41, 5.74) is -0.859. The van der Waals surface area contributed by atoms with Crippen molar-refractivity contribution in [2.75, 3.05) is 13.2 Å². The van der Waals surface area contributed by atoms with Gasteiger partial charge in [-0.3, -0.25) is 4.79 Å². The van der Waals surface area contributed by atoms with E-state index in [9.17, 15) is 14.7 Å². The minimum Gasteiger partial charge on any atom is -0.476 e. The minimum absolute atomic E-state index is 0.0134. The second kappa shape index (κ2) is 5.96. The van der Waals surface area contributed by atoms with Crippen LogP contribution in [-0.4, -0.2) is 45.2 Å². The van der Waals surface area contributed by atoms with E-state index in [1.54, 1.807) is 0 Å². The molecule has 0 aromatic carbocycles. The lowest BCUT2D eigenvalue weighted by molar-refractivity contribution is 0.0681. The van der Waals surface area contributed by atoms with Crippen LogP contribution in [0, 0.1) is 5.41 Å². The standard InChI is InChI=1S/C13H17N3O4/c17-8-13(3-1-2-4-13)7-16-11(18)9-10(12(19)20)15-6-5-14-9/h5-6,17H,1-4,7-8H2,(H,16,18)(H,19,20). The number of aromatic nitrogens is 2. The average Bonchev–Trinajstić information content (AvgIpc) is 2.94. The highest BCUT2D eigenvalue weighted by Crippen LogP contribution is 2.36. The molecule has 0 radical (unpaired) electrons. The van der Waals surface area contributed by atoms with Gasteiger partial charge >= 0.3 is 5.97 Å². The third-order valence-electron chi connectivity index (χ3n) is 3.74. The molecule has 0 aliphatic heterocycles. The molecule has 2 rings (SSSR count). The van der Waals surface area contributed by atoms with Crippen molar-refractivity contribution in [2.45, 2.75) is 25.7 Å². The summed E-state index contributed by atoms with van der Waals surface area (Å²) in [5.74, 6) is -1.86. The summed E-state index contributed by atoms with van der Waals surface area (Å²) in [7, 11) is 0. The summed E-state index contributed by atoms with van der Waals surface area (Å²) in [6.45, 7) is 0.331. The minimum atomic E-state index is -1.29. The number of carboxylic acid groups (broad SMARTS) is 1. The highest BCUT2D eigenvalue weighted by molar-refractivity contribution is 6.01. The first kappa shape index (κ1) is 14.4. The third-order valence-corrected chi connectivity index (χ3v) is 3.74. The van der Waals surface area contributed by atoms with Crippen LogP contribution >= 0.6 is 0 Å². The molecule has 7 heteroatoms. The van der Waals surface area contributed by atoms with Gasteiger partial charge in [-0.25, -0.2) is 14.8 Å². The van der Waals surface area contributed by atoms with E-state index in [2.05, 4.69) is 15.3 Å². The zero-order valence-corrected chi connectivity index (χ0v) is 11.0. The van der Waals surface area contributed by atoms with Crippen LogP contribution in [0.25, 0.3) is 0 Å². The molecule has 0 spiro atoms. The maximum Gasteiger partial charge on any atom is 0.356 e. The van der Waals surface area contributed by atoms with Crippen LogP contribution in [-0.2, 0) is 0 Å². The Hall–Kier alpha value is -2.02. The van der Waals surface area contributed by atoms with Crippen LogP contribution in [0.5, 0.6) is 0 Å². The van der Waals surface area contributed by atoms with E-state index >= 15 is 0 Å².